The van der Waals surface area contributed by atoms with Gasteiger partial charge in [0.15, 0.2) is 0 Å². The number of fused-ring (bicyclic) bond motifs is 1. The van der Waals surface area contributed by atoms with Gasteiger partial charge in [0.2, 0.25) is 11.8 Å². The van der Waals surface area contributed by atoms with Crippen LogP contribution in [0.4, 0.5) is 4.39 Å². The number of carbonyl (C=O) groups excluding carboxylic acids is 3. The van der Waals surface area contributed by atoms with Gasteiger partial charge >= 0.3 is 0 Å². The maximum absolute atomic E-state index is 13.8. The number of halogens is 1. The van der Waals surface area contributed by atoms with Crippen LogP contribution in [-0.2, 0) is 9.59 Å². The van der Waals surface area contributed by atoms with Crippen LogP contribution in [0.15, 0.2) is 24.3 Å². The van der Waals surface area contributed by atoms with E-state index in [0.29, 0.717) is 15.0 Å². The highest BCUT2D eigenvalue weighted by molar-refractivity contribution is 7.20. The van der Waals surface area contributed by atoms with Crippen LogP contribution in [0.5, 0.6) is 0 Å². The van der Waals surface area contributed by atoms with Gasteiger partial charge in [-0.25, -0.2) is 4.39 Å². The van der Waals surface area contributed by atoms with Gasteiger partial charge in [-0.15, -0.1) is 11.3 Å². The molecule has 7 heteroatoms. The molecule has 1 saturated heterocycles. The van der Waals surface area contributed by atoms with Crippen molar-refractivity contribution < 1.29 is 18.8 Å². The Labute approximate surface area is 135 Å². The van der Waals surface area contributed by atoms with E-state index in [1.54, 1.807) is 12.1 Å². The standard InChI is InChI=1S/C16H13FN2O3S/c17-10-2-1-3-12-9(10)6-13(23-12)16(22)19(8-4-5-8)11-7-14(20)18-15(11)21/h1-3,6,8,11H,4-5,7H2,(H,18,20,21)/t11-/m0/s1. The number of thiophene rings is 1. The van der Waals surface area contributed by atoms with E-state index in [-0.39, 0.29) is 30.1 Å². The lowest BCUT2D eigenvalue weighted by Crippen LogP contribution is -2.45. The van der Waals surface area contributed by atoms with Gasteiger partial charge in [-0.1, -0.05) is 6.07 Å². The first kappa shape index (κ1) is 14.3. The monoisotopic (exact) mass is 332 g/mol. The molecule has 0 unspecified atom stereocenters. The van der Waals surface area contributed by atoms with Gasteiger partial charge in [-0.3, -0.25) is 19.7 Å². The zero-order valence-corrected chi connectivity index (χ0v) is 12.9. The number of benzene rings is 1. The van der Waals surface area contributed by atoms with Crippen LogP contribution in [0.25, 0.3) is 10.1 Å². The molecule has 4 rings (SSSR count). The molecule has 1 atom stereocenters. The van der Waals surface area contributed by atoms with Gasteiger partial charge in [0.05, 0.1) is 11.3 Å². The zero-order chi connectivity index (χ0) is 16.1. The molecule has 1 aliphatic heterocycles. The summed E-state index contributed by atoms with van der Waals surface area (Å²) in [6, 6.07) is 5.47. The molecule has 2 fully saturated rings. The van der Waals surface area contributed by atoms with Gasteiger partial charge in [0.25, 0.3) is 5.91 Å². The van der Waals surface area contributed by atoms with Crippen LogP contribution in [-0.4, -0.2) is 34.7 Å². The third-order valence-corrected chi connectivity index (χ3v) is 5.26. The quantitative estimate of drug-likeness (QED) is 0.875. The largest absolute Gasteiger partial charge is 0.322 e. The lowest BCUT2D eigenvalue weighted by molar-refractivity contribution is -0.126. The smallest absolute Gasteiger partial charge is 0.264 e. The fourth-order valence-electron chi connectivity index (χ4n) is 2.94. The first-order chi connectivity index (χ1) is 11.0. The number of hydrogen-bond acceptors (Lipinski definition) is 4. The van der Waals surface area contributed by atoms with Crippen LogP contribution >= 0.6 is 11.3 Å². The van der Waals surface area contributed by atoms with Crippen LogP contribution in [0, 0.1) is 5.82 Å². The molecule has 2 aliphatic rings. The van der Waals surface area contributed by atoms with Gasteiger partial charge < -0.3 is 4.90 Å². The summed E-state index contributed by atoms with van der Waals surface area (Å²) >= 11 is 1.21. The topological polar surface area (TPSA) is 66.5 Å². The fraction of sp³-hybridized carbons (Fsp3) is 0.312. The SMILES string of the molecule is O=C1C[C@H](N(C(=O)c2cc3c(F)cccc3s2)C2CC2)C(=O)N1. The Morgan fingerprint density at radius 2 is 2.09 bits per heavy atom. The molecule has 118 valence electrons. The van der Waals surface area contributed by atoms with E-state index in [1.165, 1.54) is 28.4 Å². The summed E-state index contributed by atoms with van der Waals surface area (Å²) in [6.07, 6.45) is 1.65. The Morgan fingerprint density at radius 3 is 2.70 bits per heavy atom. The first-order valence-corrected chi connectivity index (χ1v) is 8.20. The third-order valence-electron chi connectivity index (χ3n) is 4.17. The molecule has 3 amide bonds. The van der Waals surface area contributed by atoms with Crippen molar-refractivity contribution in [2.24, 2.45) is 0 Å². The van der Waals surface area contributed by atoms with Crippen molar-refractivity contribution in [2.75, 3.05) is 0 Å². The first-order valence-electron chi connectivity index (χ1n) is 7.39. The Balaban J connectivity index is 1.71. The second-order valence-electron chi connectivity index (χ2n) is 5.84. The Bertz CT molecular complexity index is 843. The summed E-state index contributed by atoms with van der Waals surface area (Å²) in [5.74, 6) is -1.46. The molecule has 2 aromatic rings. The molecular weight excluding hydrogens is 319 g/mol. The van der Waals surface area contributed by atoms with Crippen molar-refractivity contribution in [3.8, 4) is 0 Å². The summed E-state index contributed by atoms with van der Waals surface area (Å²) < 4.78 is 14.5. The number of rotatable bonds is 3. The van der Waals surface area contributed by atoms with Crippen molar-refractivity contribution in [2.45, 2.75) is 31.3 Å². The average Bonchev–Trinajstić information content (AvgIpc) is 3.14. The maximum atomic E-state index is 13.8. The predicted molar refractivity (Wildman–Crippen MR) is 82.5 cm³/mol. The van der Waals surface area contributed by atoms with Crippen molar-refractivity contribution in [3.05, 3.63) is 35.0 Å². The summed E-state index contributed by atoms with van der Waals surface area (Å²) in [4.78, 5) is 38.1. The molecule has 1 aromatic heterocycles. The van der Waals surface area contributed by atoms with Gasteiger partial charge in [0, 0.05) is 16.1 Å². The predicted octanol–water partition coefficient (Wildman–Crippen LogP) is 2.06. The number of nitrogens with zero attached hydrogens (tertiary/aromatic N) is 1. The molecule has 5 nitrogen and oxygen atoms in total. The minimum absolute atomic E-state index is 0.000327. The number of imide groups is 1. The number of amides is 3. The zero-order valence-electron chi connectivity index (χ0n) is 12.0. The number of nitrogens with one attached hydrogen (secondary N) is 1. The molecule has 1 aromatic carbocycles. The lowest BCUT2D eigenvalue weighted by Gasteiger charge is -2.26. The molecular formula is C16H13FN2O3S. The van der Waals surface area contributed by atoms with E-state index < -0.39 is 11.9 Å². The normalized spacial score (nSPS) is 20.8. The minimum atomic E-state index is -0.752. The van der Waals surface area contributed by atoms with E-state index in [4.69, 9.17) is 0 Å². The van der Waals surface area contributed by atoms with E-state index in [1.807, 2.05) is 0 Å². The highest BCUT2D eigenvalue weighted by atomic mass is 32.1. The summed E-state index contributed by atoms with van der Waals surface area (Å²) in [7, 11) is 0. The van der Waals surface area contributed by atoms with Crippen LogP contribution < -0.4 is 5.32 Å². The average molecular weight is 332 g/mol. The summed E-state index contributed by atoms with van der Waals surface area (Å²) in [5, 5.41) is 2.65. The maximum Gasteiger partial charge on any atom is 0.264 e. The number of hydrogen-bond donors (Lipinski definition) is 1. The fourth-order valence-corrected chi connectivity index (χ4v) is 3.96. The third kappa shape index (κ3) is 2.41. The van der Waals surface area contributed by atoms with Gasteiger partial charge in [-0.2, -0.15) is 0 Å². The minimum Gasteiger partial charge on any atom is -0.322 e. The van der Waals surface area contributed by atoms with Crippen molar-refractivity contribution >= 4 is 39.1 Å². The Kier molecular flexibility index (Phi) is 3.19. The van der Waals surface area contributed by atoms with E-state index in [9.17, 15) is 18.8 Å². The van der Waals surface area contributed by atoms with E-state index in [0.717, 1.165) is 12.8 Å². The molecule has 0 bridgehead atoms. The van der Waals surface area contributed by atoms with E-state index >= 15 is 0 Å². The number of carbonyl (C=O) groups is 3. The summed E-state index contributed by atoms with van der Waals surface area (Å²) in [6.45, 7) is 0. The second kappa shape index (κ2) is 5.13. The molecule has 1 aliphatic carbocycles. The van der Waals surface area contributed by atoms with Crippen LogP contribution in [0.2, 0.25) is 0 Å². The summed E-state index contributed by atoms with van der Waals surface area (Å²) in [5.41, 5.74) is 0. The van der Waals surface area contributed by atoms with Crippen molar-refractivity contribution in [3.63, 3.8) is 0 Å². The Morgan fingerprint density at radius 1 is 1.30 bits per heavy atom. The molecule has 1 saturated carbocycles. The molecule has 1 N–H and O–H groups in total. The molecule has 0 spiro atoms. The molecule has 0 radical (unpaired) electrons. The van der Waals surface area contributed by atoms with Crippen LogP contribution in [0.1, 0.15) is 28.9 Å². The van der Waals surface area contributed by atoms with Crippen molar-refractivity contribution in [1.82, 2.24) is 10.2 Å². The lowest BCUT2D eigenvalue weighted by atomic mass is 10.2. The van der Waals surface area contributed by atoms with E-state index in [2.05, 4.69) is 5.32 Å². The second-order valence-corrected chi connectivity index (χ2v) is 6.92. The highest BCUT2D eigenvalue weighted by Gasteiger charge is 2.45. The molecule has 23 heavy (non-hydrogen) atoms. The van der Waals surface area contributed by atoms with Gasteiger partial charge in [-0.05, 0) is 31.0 Å². The van der Waals surface area contributed by atoms with Crippen molar-refractivity contribution in [1.29, 1.82) is 0 Å². The van der Waals surface area contributed by atoms with Gasteiger partial charge in [0.1, 0.15) is 11.9 Å². The highest BCUT2D eigenvalue weighted by Crippen LogP contribution is 2.35. The van der Waals surface area contributed by atoms with Crippen LogP contribution in [0.3, 0.4) is 0 Å². The molecule has 2 heterocycles. The Hall–Kier alpha value is -2.28.